The molecule has 6 aromatic rings. The standard InChI is InChI=1S/2C19H16O.C10H15.2ClH.Ti/c2*1-14-12-17(15-8-4-2-5-9-15)19(20)18(13-14)16-10-6-3-7-11-16;1-7-6-10(4,5)9(3)8(7)2;;;/h2*2-13,20H,1H3;1-5H3;2*1H;/q;;-1;;;+2/p-2. The van der Waals surface area contributed by atoms with Crippen molar-refractivity contribution in [1.82, 2.24) is 0 Å². The predicted octanol–water partition coefficient (Wildman–Crippen LogP) is 14.6. The van der Waals surface area contributed by atoms with Gasteiger partial charge in [-0.05, 0) is 71.5 Å². The van der Waals surface area contributed by atoms with Crippen molar-refractivity contribution in [2.45, 2.75) is 48.5 Å². The molecule has 0 amide bonds. The van der Waals surface area contributed by atoms with Gasteiger partial charge in [-0.15, -0.1) is 6.92 Å². The number of aryl methyl sites for hydroxylation is 2. The second-order valence-electron chi connectivity index (χ2n) is 13.6. The number of allylic oxidation sites excluding steroid dienone is 4. The summed E-state index contributed by atoms with van der Waals surface area (Å²) in [6.07, 6.45) is 3.44. The van der Waals surface area contributed by atoms with Crippen molar-refractivity contribution in [3.8, 4) is 56.0 Å². The van der Waals surface area contributed by atoms with Crippen LogP contribution in [0.1, 0.15) is 45.7 Å². The van der Waals surface area contributed by atoms with Gasteiger partial charge in [0.25, 0.3) is 0 Å². The molecule has 0 saturated carbocycles. The van der Waals surface area contributed by atoms with Gasteiger partial charge < -0.3 is 10.2 Å². The molecule has 1 aliphatic rings. The van der Waals surface area contributed by atoms with Crippen LogP contribution in [0.4, 0.5) is 0 Å². The number of aromatic hydroxyl groups is 2. The summed E-state index contributed by atoms with van der Waals surface area (Å²) in [5.74, 6) is 0.681. The van der Waals surface area contributed by atoms with E-state index in [1.807, 2.05) is 146 Å². The first-order valence-corrected chi connectivity index (χ1v) is 21.8. The first-order valence-electron chi connectivity index (χ1n) is 17.5. The fourth-order valence-electron chi connectivity index (χ4n) is 6.31. The molecule has 2 N–H and O–H groups in total. The summed E-state index contributed by atoms with van der Waals surface area (Å²) in [6.45, 7) is 15.0. The Bertz CT molecular complexity index is 1890. The molecule has 0 fully saturated rings. The third-order valence-electron chi connectivity index (χ3n) is 9.41. The summed E-state index contributed by atoms with van der Waals surface area (Å²) < 4.78 is 0. The molecule has 53 heavy (non-hydrogen) atoms. The first-order chi connectivity index (χ1) is 25.4. The molecule has 0 atom stereocenters. The molecule has 0 aliphatic heterocycles. The van der Waals surface area contributed by atoms with Gasteiger partial charge in [0, 0.05) is 22.3 Å². The Hall–Kier alpha value is -4.31. The molecular formula is C48H47Cl2O2Ti-. The molecule has 1 aliphatic carbocycles. The normalized spacial score (nSPS) is 12.6. The van der Waals surface area contributed by atoms with Crippen molar-refractivity contribution in [3.63, 3.8) is 0 Å². The van der Waals surface area contributed by atoms with Crippen LogP contribution in [0.2, 0.25) is 0 Å². The van der Waals surface area contributed by atoms with E-state index >= 15 is 0 Å². The number of benzene rings is 6. The zero-order valence-corrected chi connectivity index (χ0v) is 34.6. The van der Waals surface area contributed by atoms with E-state index in [1.54, 1.807) is 0 Å². The maximum atomic E-state index is 10.6. The molecule has 0 aromatic heterocycles. The quantitative estimate of drug-likeness (QED) is 0.138. The van der Waals surface area contributed by atoms with Crippen LogP contribution in [0.25, 0.3) is 44.5 Å². The molecule has 2 nitrogen and oxygen atoms in total. The summed E-state index contributed by atoms with van der Waals surface area (Å²) in [5.41, 5.74) is 14.3. The third-order valence-corrected chi connectivity index (χ3v) is 9.41. The number of halogens is 2. The summed E-state index contributed by atoms with van der Waals surface area (Å²) in [4.78, 5) is 0. The van der Waals surface area contributed by atoms with E-state index in [9.17, 15) is 10.2 Å². The van der Waals surface area contributed by atoms with Crippen molar-refractivity contribution >= 4 is 18.6 Å². The molecule has 0 heterocycles. The monoisotopic (exact) mass is 773 g/mol. The minimum absolute atomic E-state index is 0.189. The Morgan fingerprint density at radius 1 is 0.472 bits per heavy atom. The SMILES string of the molecule is CC1=[C-]C(C)(C)C(C)=C1C.Cc1cc(-c2ccccc2)c(O)c(-c2ccccc2)c1.Cc1cc(-c2ccccc2)c(O)c(-c2ccccc2)c1.[Cl][Ti][Cl]. The molecule has 0 saturated heterocycles. The first kappa shape index (κ1) is 41.5. The molecule has 7 rings (SSSR count). The topological polar surface area (TPSA) is 40.5 Å². The van der Waals surface area contributed by atoms with Gasteiger partial charge in [-0.1, -0.05) is 154 Å². The van der Waals surface area contributed by atoms with Crippen LogP contribution in [-0.4, -0.2) is 10.2 Å². The van der Waals surface area contributed by atoms with E-state index in [0.717, 1.165) is 55.6 Å². The number of hydrogen-bond acceptors (Lipinski definition) is 2. The molecule has 6 aromatic carbocycles. The molecule has 0 unspecified atom stereocenters. The Morgan fingerprint density at radius 3 is 0.887 bits per heavy atom. The maximum absolute atomic E-state index is 10.6. The number of phenolic OH excluding ortho intramolecular Hbond substituents is 2. The molecule has 270 valence electrons. The third kappa shape index (κ3) is 11.1. The van der Waals surface area contributed by atoms with Gasteiger partial charge in [-0.2, -0.15) is 11.1 Å². The Labute approximate surface area is 333 Å². The average molecular weight is 775 g/mol. The number of phenols is 2. The van der Waals surface area contributed by atoms with Crippen molar-refractivity contribution in [2.24, 2.45) is 5.41 Å². The predicted molar refractivity (Wildman–Crippen MR) is 224 cm³/mol. The van der Waals surface area contributed by atoms with E-state index in [4.69, 9.17) is 18.6 Å². The van der Waals surface area contributed by atoms with Crippen LogP contribution >= 0.6 is 18.6 Å². The van der Waals surface area contributed by atoms with Crippen LogP contribution in [0.5, 0.6) is 11.5 Å². The van der Waals surface area contributed by atoms with Crippen LogP contribution in [-0.2, 0) is 17.0 Å². The van der Waals surface area contributed by atoms with Crippen molar-refractivity contribution in [3.05, 3.63) is 180 Å². The molecule has 0 radical (unpaired) electrons. The van der Waals surface area contributed by atoms with Crippen LogP contribution < -0.4 is 0 Å². The van der Waals surface area contributed by atoms with Gasteiger partial charge in [0.1, 0.15) is 11.5 Å². The Kier molecular flexibility index (Phi) is 15.4. The van der Waals surface area contributed by atoms with E-state index < -0.39 is 17.0 Å². The fourth-order valence-corrected chi connectivity index (χ4v) is 6.31. The second kappa shape index (κ2) is 19.7. The molecule has 5 heteroatoms. The second-order valence-corrected chi connectivity index (χ2v) is 16.2. The number of hydrogen-bond donors (Lipinski definition) is 2. The summed E-state index contributed by atoms with van der Waals surface area (Å²) in [7, 11) is 9.78. The van der Waals surface area contributed by atoms with E-state index in [1.165, 1.54) is 16.7 Å². The van der Waals surface area contributed by atoms with Crippen LogP contribution in [0.3, 0.4) is 0 Å². The van der Waals surface area contributed by atoms with E-state index in [2.05, 4.69) is 54.5 Å². The summed E-state index contributed by atoms with van der Waals surface area (Å²) in [6, 6.07) is 48.0. The van der Waals surface area contributed by atoms with Gasteiger partial charge in [0.05, 0.1) is 0 Å². The van der Waals surface area contributed by atoms with Gasteiger partial charge in [0.15, 0.2) is 0 Å². The zero-order valence-electron chi connectivity index (χ0n) is 31.5. The van der Waals surface area contributed by atoms with Gasteiger partial charge in [0.2, 0.25) is 0 Å². The van der Waals surface area contributed by atoms with Gasteiger partial charge in [-0.25, -0.2) is 5.57 Å². The summed E-state index contributed by atoms with van der Waals surface area (Å²) in [5, 5.41) is 21.2. The summed E-state index contributed by atoms with van der Waals surface area (Å²) >= 11 is -0.556. The van der Waals surface area contributed by atoms with E-state index in [-0.39, 0.29) is 5.41 Å². The molecular weight excluding hydrogens is 727 g/mol. The Morgan fingerprint density at radius 2 is 0.717 bits per heavy atom. The van der Waals surface area contributed by atoms with Gasteiger partial charge >= 0.3 is 35.6 Å². The van der Waals surface area contributed by atoms with Crippen molar-refractivity contribution in [2.75, 3.05) is 0 Å². The average Bonchev–Trinajstić information content (AvgIpc) is 3.35. The van der Waals surface area contributed by atoms with Crippen molar-refractivity contribution < 1.29 is 27.2 Å². The molecule has 0 bridgehead atoms. The van der Waals surface area contributed by atoms with Gasteiger partial charge in [-0.3, -0.25) is 6.08 Å². The van der Waals surface area contributed by atoms with Crippen molar-refractivity contribution in [1.29, 1.82) is 0 Å². The zero-order chi connectivity index (χ0) is 38.5. The fraction of sp³-hybridized carbons (Fsp3) is 0.167. The minimum atomic E-state index is -0.556. The van der Waals surface area contributed by atoms with E-state index in [0.29, 0.717) is 11.5 Å². The van der Waals surface area contributed by atoms with Crippen LogP contribution in [0.15, 0.2) is 162 Å². The Balaban J connectivity index is 0.000000180. The van der Waals surface area contributed by atoms with Crippen LogP contribution in [0, 0.1) is 25.3 Å². The number of rotatable bonds is 4. The molecule has 0 spiro atoms.